The lowest BCUT2D eigenvalue weighted by atomic mass is 9.82. The lowest BCUT2D eigenvalue weighted by molar-refractivity contribution is -0.167. The summed E-state index contributed by atoms with van der Waals surface area (Å²) in [5.74, 6) is -1.00. The Morgan fingerprint density at radius 3 is 2.10 bits per heavy atom. The maximum atomic E-state index is 12.4. The van der Waals surface area contributed by atoms with E-state index >= 15 is 0 Å². The monoisotopic (exact) mass is 301 g/mol. The fourth-order valence-electron chi connectivity index (χ4n) is 2.96. The van der Waals surface area contributed by atoms with Crippen molar-refractivity contribution in [2.45, 2.75) is 77.7 Å². The van der Waals surface area contributed by atoms with Crippen molar-refractivity contribution in [2.75, 3.05) is 6.54 Å². The number of nitrogens with zero attached hydrogens (tertiary/aromatic N) is 1. The molecule has 1 N–H and O–H groups in total. The molecule has 122 valence electrons. The number of likely N-dealkylation sites (N-methyl/N-ethyl adjacent to an activating group) is 1. The van der Waals surface area contributed by atoms with E-state index < -0.39 is 23.2 Å². The molecular formula is C15H27NO5. The average molecular weight is 301 g/mol. The van der Waals surface area contributed by atoms with Crippen LogP contribution in [0.25, 0.3) is 0 Å². The predicted octanol–water partition coefficient (Wildman–Crippen LogP) is 2.65. The second-order valence-electron chi connectivity index (χ2n) is 6.73. The highest BCUT2D eigenvalue weighted by Gasteiger charge is 2.51. The van der Waals surface area contributed by atoms with Gasteiger partial charge in [0.1, 0.15) is 11.1 Å². The summed E-state index contributed by atoms with van der Waals surface area (Å²) < 4.78 is 11.0. The zero-order valence-electron chi connectivity index (χ0n) is 13.8. The molecule has 6 nitrogen and oxygen atoms in total. The van der Waals surface area contributed by atoms with Crippen molar-refractivity contribution in [3.05, 3.63) is 0 Å². The molecule has 1 fully saturated rings. The molecule has 1 amide bonds. The third-order valence-corrected chi connectivity index (χ3v) is 3.56. The second-order valence-corrected chi connectivity index (χ2v) is 6.73. The standard InChI is InChI=1S/C15H27NO5/c1-7-16(13(19)21-14(4,5)6)15(12(17)18)8-10(2)20-11(3)9-15/h10-11H,7-9H2,1-6H3,(H,17,18). The Bertz CT molecular complexity index is 391. The molecule has 0 aliphatic carbocycles. The average Bonchev–Trinajstić information content (AvgIpc) is 2.25. The molecule has 0 aromatic heterocycles. The molecule has 0 bridgehead atoms. The second kappa shape index (κ2) is 6.22. The summed E-state index contributed by atoms with van der Waals surface area (Å²) in [6.45, 7) is 11.0. The van der Waals surface area contributed by atoms with Crippen LogP contribution < -0.4 is 0 Å². The van der Waals surface area contributed by atoms with Crippen molar-refractivity contribution >= 4 is 12.1 Å². The summed E-state index contributed by atoms with van der Waals surface area (Å²) in [6.07, 6.45) is -0.504. The Balaban J connectivity index is 3.12. The lowest BCUT2D eigenvalue weighted by Gasteiger charge is -2.46. The number of aliphatic carboxylic acids is 1. The normalized spacial score (nSPS) is 29.8. The molecule has 1 aliphatic rings. The molecule has 1 aliphatic heterocycles. The van der Waals surface area contributed by atoms with Gasteiger partial charge in [-0.2, -0.15) is 0 Å². The fraction of sp³-hybridized carbons (Fsp3) is 0.867. The smallest absolute Gasteiger partial charge is 0.411 e. The molecule has 21 heavy (non-hydrogen) atoms. The van der Waals surface area contributed by atoms with Gasteiger partial charge in [0, 0.05) is 19.4 Å². The Morgan fingerprint density at radius 1 is 1.29 bits per heavy atom. The lowest BCUT2D eigenvalue weighted by Crippen LogP contribution is -2.62. The van der Waals surface area contributed by atoms with Gasteiger partial charge in [0.2, 0.25) is 0 Å². The minimum Gasteiger partial charge on any atom is -0.479 e. The predicted molar refractivity (Wildman–Crippen MR) is 78.2 cm³/mol. The van der Waals surface area contributed by atoms with E-state index in [9.17, 15) is 14.7 Å². The van der Waals surface area contributed by atoms with Crippen LogP contribution in [0.1, 0.15) is 54.4 Å². The van der Waals surface area contributed by atoms with Crippen molar-refractivity contribution in [1.29, 1.82) is 0 Å². The molecule has 0 spiro atoms. The minimum absolute atomic E-state index is 0.221. The van der Waals surface area contributed by atoms with E-state index in [1.807, 2.05) is 13.8 Å². The third kappa shape index (κ3) is 4.09. The van der Waals surface area contributed by atoms with Gasteiger partial charge in [-0.15, -0.1) is 0 Å². The maximum absolute atomic E-state index is 12.4. The van der Waals surface area contributed by atoms with Gasteiger partial charge >= 0.3 is 12.1 Å². The third-order valence-electron chi connectivity index (χ3n) is 3.56. The van der Waals surface area contributed by atoms with Gasteiger partial charge in [-0.3, -0.25) is 4.90 Å². The first-order chi connectivity index (χ1) is 9.51. The van der Waals surface area contributed by atoms with Crippen molar-refractivity contribution in [2.24, 2.45) is 0 Å². The highest BCUT2D eigenvalue weighted by atomic mass is 16.6. The molecule has 1 rings (SSSR count). The zero-order valence-corrected chi connectivity index (χ0v) is 13.8. The Labute approximate surface area is 126 Å². The van der Waals surface area contributed by atoms with Gasteiger partial charge in [-0.25, -0.2) is 9.59 Å². The van der Waals surface area contributed by atoms with Crippen molar-refractivity contribution in [1.82, 2.24) is 4.90 Å². The largest absolute Gasteiger partial charge is 0.479 e. The molecule has 0 aromatic rings. The molecule has 2 atom stereocenters. The highest BCUT2D eigenvalue weighted by Crippen LogP contribution is 2.35. The van der Waals surface area contributed by atoms with Crippen LogP contribution in [-0.4, -0.2) is 52.0 Å². The van der Waals surface area contributed by atoms with Crippen LogP contribution in [0.15, 0.2) is 0 Å². The van der Waals surface area contributed by atoms with Crippen LogP contribution >= 0.6 is 0 Å². The van der Waals surface area contributed by atoms with E-state index in [1.165, 1.54) is 4.90 Å². The fourth-order valence-corrected chi connectivity index (χ4v) is 2.96. The summed E-state index contributed by atoms with van der Waals surface area (Å²) in [4.78, 5) is 25.7. The van der Waals surface area contributed by atoms with Crippen LogP contribution in [0.4, 0.5) is 4.79 Å². The van der Waals surface area contributed by atoms with Gasteiger partial charge in [-0.1, -0.05) is 0 Å². The minimum atomic E-state index is -1.27. The number of hydrogen-bond donors (Lipinski definition) is 1. The van der Waals surface area contributed by atoms with Crippen molar-refractivity contribution in [3.8, 4) is 0 Å². The summed E-state index contributed by atoms with van der Waals surface area (Å²) in [5, 5.41) is 9.77. The van der Waals surface area contributed by atoms with E-state index in [-0.39, 0.29) is 31.6 Å². The van der Waals surface area contributed by atoms with Crippen LogP contribution in [0.2, 0.25) is 0 Å². The number of rotatable bonds is 3. The van der Waals surface area contributed by atoms with Crippen molar-refractivity contribution < 1.29 is 24.2 Å². The van der Waals surface area contributed by atoms with Gasteiger partial charge in [0.05, 0.1) is 12.2 Å². The van der Waals surface area contributed by atoms with Crippen LogP contribution in [0.5, 0.6) is 0 Å². The van der Waals surface area contributed by atoms with Crippen molar-refractivity contribution in [3.63, 3.8) is 0 Å². The quantitative estimate of drug-likeness (QED) is 0.867. The number of amides is 1. The molecule has 6 heteroatoms. The Morgan fingerprint density at radius 2 is 1.76 bits per heavy atom. The van der Waals surface area contributed by atoms with E-state index in [2.05, 4.69) is 0 Å². The first kappa shape index (κ1) is 17.8. The van der Waals surface area contributed by atoms with E-state index in [0.717, 1.165) is 0 Å². The molecule has 0 aromatic carbocycles. The van der Waals surface area contributed by atoms with Gasteiger partial charge < -0.3 is 14.6 Å². The molecular weight excluding hydrogens is 274 g/mol. The van der Waals surface area contributed by atoms with Gasteiger partial charge in [-0.05, 0) is 41.5 Å². The number of hydrogen-bond acceptors (Lipinski definition) is 4. The highest BCUT2D eigenvalue weighted by molar-refractivity contribution is 5.84. The molecule has 2 unspecified atom stereocenters. The summed E-state index contributed by atoms with van der Waals surface area (Å²) in [6, 6.07) is 0. The number of carboxylic acid groups (broad SMARTS) is 1. The van der Waals surface area contributed by atoms with E-state index in [4.69, 9.17) is 9.47 Å². The van der Waals surface area contributed by atoms with Crippen LogP contribution in [0, 0.1) is 0 Å². The first-order valence-electron chi connectivity index (χ1n) is 7.41. The number of ether oxygens (including phenoxy) is 2. The first-order valence-corrected chi connectivity index (χ1v) is 7.41. The number of carboxylic acids is 1. The molecule has 1 saturated heterocycles. The van der Waals surface area contributed by atoms with Crippen LogP contribution in [-0.2, 0) is 14.3 Å². The Hall–Kier alpha value is -1.30. The van der Waals surface area contributed by atoms with Gasteiger partial charge in [0.15, 0.2) is 0 Å². The summed E-state index contributed by atoms with van der Waals surface area (Å²) in [5.41, 5.74) is -1.93. The topological polar surface area (TPSA) is 76.1 Å². The molecule has 0 saturated carbocycles. The summed E-state index contributed by atoms with van der Waals surface area (Å²) >= 11 is 0. The summed E-state index contributed by atoms with van der Waals surface area (Å²) in [7, 11) is 0. The number of carbonyl (C=O) groups excluding carboxylic acids is 1. The Kier molecular flexibility index (Phi) is 5.25. The zero-order chi connectivity index (χ0) is 16.4. The van der Waals surface area contributed by atoms with Gasteiger partial charge in [0.25, 0.3) is 0 Å². The molecule has 0 radical (unpaired) electrons. The number of carbonyl (C=O) groups is 2. The molecule has 1 heterocycles. The van der Waals surface area contributed by atoms with E-state index in [1.54, 1.807) is 27.7 Å². The maximum Gasteiger partial charge on any atom is 0.411 e. The SMILES string of the molecule is CCN(C(=O)OC(C)(C)C)C1(C(=O)O)CC(C)OC(C)C1. The van der Waals surface area contributed by atoms with Crippen LogP contribution in [0.3, 0.4) is 0 Å². The van der Waals surface area contributed by atoms with E-state index in [0.29, 0.717) is 0 Å².